The van der Waals surface area contributed by atoms with Crippen LogP contribution in [0.4, 0.5) is 5.69 Å². The maximum absolute atomic E-state index is 10.6. The second kappa shape index (κ2) is 5.64. The van der Waals surface area contributed by atoms with Gasteiger partial charge in [0.05, 0.1) is 22.6 Å². The second-order valence-electron chi connectivity index (χ2n) is 3.27. The third-order valence-electron chi connectivity index (χ3n) is 2.09. The van der Waals surface area contributed by atoms with Crippen molar-refractivity contribution in [3.63, 3.8) is 0 Å². The summed E-state index contributed by atoms with van der Waals surface area (Å²) in [5.74, 6) is -0.119. The maximum Gasteiger partial charge on any atom is 0.274 e. The molecule has 7 heteroatoms. The van der Waals surface area contributed by atoms with Crippen LogP contribution in [-0.2, 0) is 0 Å². The Balaban J connectivity index is 0.00000225. The van der Waals surface area contributed by atoms with Crippen molar-refractivity contribution < 1.29 is 15.1 Å². The predicted octanol–water partition coefficient (Wildman–Crippen LogP) is 1.10. The lowest BCUT2D eigenvalue weighted by atomic mass is 10.0. The third-order valence-corrected chi connectivity index (χ3v) is 2.09. The van der Waals surface area contributed by atoms with E-state index < -0.39 is 17.1 Å². The Morgan fingerprint density at radius 2 is 2.06 bits per heavy atom. The molecule has 0 radical (unpaired) electrons. The monoisotopic (exact) mass is 248 g/mol. The van der Waals surface area contributed by atoms with Crippen molar-refractivity contribution in [2.24, 2.45) is 5.73 Å². The van der Waals surface area contributed by atoms with Crippen molar-refractivity contribution in [2.45, 2.75) is 19.1 Å². The highest BCUT2D eigenvalue weighted by Gasteiger charge is 2.22. The van der Waals surface area contributed by atoms with Crippen molar-refractivity contribution in [1.82, 2.24) is 0 Å². The molecular formula is C9H13ClN2O4. The van der Waals surface area contributed by atoms with Crippen molar-refractivity contribution in [2.75, 3.05) is 0 Å². The topological polar surface area (TPSA) is 110 Å². The molecule has 16 heavy (non-hydrogen) atoms. The van der Waals surface area contributed by atoms with Crippen LogP contribution in [0.15, 0.2) is 18.2 Å². The minimum Gasteiger partial charge on any atom is -0.508 e. The van der Waals surface area contributed by atoms with Crippen LogP contribution in [0, 0.1) is 10.1 Å². The molecular weight excluding hydrogens is 236 g/mol. The first-order valence-electron chi connectivity index (χ1n) is 4.34. The quantitative estimate of drug-likeness (QED) is 0.548. The van der Waals surface area contributed by atoms with Gasteiger partial charge in [0.25, 0.3) is 5.69 Å². The van der Waals surface area contributed by atoms with Gasteiger partial charge in [0.15, 0.2) is 0 Å². The summed E-state index contributed by atoms with van der Waals surface area (Å²) in [4.78, 5) is 10.0. The van der Waals surface area contributed by atoms with Crippen LogP contribution in [0.3, 0.4) is 0 Å². The molecule has 1 aromatic rings. The fourth-order valence-electron chi connectivity index (χ4n) is 1.24. The van der Waals surface area contributed by atoms with E-state index >= 15 is 0 Å². The number of aromatic hydroxyl groups is 1. The molecule has 0 saturated heterocycles. The minimum absolute atomic E-state index is 0. The van der Waals surface area contributed by atoms with Gasteiger partial charge in [0, 0.05) is 6.07 Å². The number of nitro benzene ring substituents is 1. The Morgan fingerprint density at radius 1 is 1.50 bits per heavy atom. The normalized spacial score (nSPS) is 13.7. The number of aliphatic hydroxyl groups excluding tert-OH is 1. The molecule has 0 aliphatic rings. The molecule has 0 aromatic heterocycles. The zero-order valence-electron chi connectivity index (χ0n) is 8.53. The molecule has 4 N–H and O–H groups in total. The van der Waals surface area contributed by atoms with Crippen LogP contribution in [0.25, 0.3) is 0 Å². The van der Waals surface area contributed by atoms with E-state index in [1.807, 2.05) is 0 Å². The van der Waals surface area contributed by atoms with Gasteiger partial charge >= 0.3 is 0 Å². The molecule has 0 aliphatic carbocycles. The van der Waals surface area contributed by atoms with E-state index in [9.17, 15) is 20.3 Å². The predicted molar refractivity (Wildman–Crippen MR) is 60.6 cm³/mol. The lowest BCUT2D eigenvalue weighted by Gasteiger charge is -2.15. The smallest absolute Gasteiger partial charge is 0.274 e. The molecule has 90 valence electrons. The maximum atomic E-state index is 10.6. The van der Waals surface area contributed by atoms with Crippen LogP contribution >= 0.6 is 12.4 Å². The fourth-order valence-corrected chi connectivity index (χ4v) is 1.24. The molecule has 0 spiro atoms. The summed E-state index contributed by atoms with van der Waals surface area (Å²) < 4.78 is 0. The van der Waals surface area contributed by atoms with Crippen LogP contribution in [0.1, 0.15) is 18.5 Å². The SMILES string of the molecule is C[C@@H](O)[C@@H](N)c1cc(O)ccc1[N+](=O)[O-].Cl. The summed E-state index contributed by atoms with van der Waals surface area (Å²) in [6.07, 6.45) is -0.925. The number of hydrogen-bond acceptors (Lipinski definition) is 5. The van der Waals surface area contributed by atoms with Gasteiger partial charge in [-0.25, -0.2) is 0 Å². The van der Waals surface area contributed by atoms with Gasteiger partial charge in [0.2, 0.25) is 0 Å². The van der Waals surface area contributed by atoms with Crippen LogP contribution in [0.5, 0.6) is 5.75 Å². The van der Waals surface area contributed by atoms with Gasteiger partial charge in [-0.2, -0.15) is 0 Å². The lowest BCUT2D eigenvalue weighted by Crippen LogP contribution is -2.24. The third kappa shape index (κ3) is 3.06. The average Bonchev–Trinajstić information content (AvgIpc) is 2.15. The van der Waals surface area contributed by atoms with Crippen molar-refractivity contribution in [3.8, 4) is 5.75 Å². The highest BCUT2D eigenvalue weighted by molar-refractivity contribution is 5.85. The van der Waals surface area contributed by atoms with E-state index in [0.717, 1.165) is 6.07 Å². The molecule has 1 aromatic carbocycles. The standard InChI is InChI=1S/C9H12N2O4.ClH/c1-5(12)9(10)7-4-6(13)2-3-8(7)11(14)15;/h2-5,9,12-13H,10H2,1H3;1H/t5-,9-;/m1./s1. The number of aliphatic hydroxyl groups is 1. The van der Waals surface area contributed by atoms with Gasteiger partial charge in [-0.15, -0.1) is 12.4 Å². The Kier molecular flexibility index (Phi) is 5.16. The second-order valence-corrected chi connectivity index (χ2v) is 3.27. The number of rotatable bonds is 3. The Labute approximate surface area is 98.3 Å². The summed E-state index contributed by atoms with van der Waals surface area (Å²) in [6, 6.07) is 2.66. The number of nitro groups is 1. The van der Waals surface area contributed by atoms with E-state index in [1.165, 1.54) is 19.1 Å². The number of halogens is 1. The van der Waals surface area contributed by atoms with Crippen molar-refractivity contribution in [3.05, 3.63) is 33.9 Å². The summed E-state index contributed by atoms with van der Waals surface area (Å²) in [5.41, 5.74) is 5.49. The van der Waals surface area contributed by atoms with Gasteiger partial charge in [-0.05, 0) is 19.1 Å². The number of nitrogens with two attached hydrogens (primary N) is 1. The summed E-state index contributed by atoms with van der Waals surface area (Å²) in [5, 5.41) is 29.1. The molecule has 2 atom stereocenters. The number of nitrogens with zero attached hydrogens (tertiary/aromatic N) is 1. The minimum atomic E-state index is -0.925. The number of phenols is 1. The van der Waals surface area contributed by atoms with E-state index in [2.05, 4.69) is 0 Å². The molecule has 0 heterocycles. The van der Waals surface area contributed by atoms with Gasteiger partial charge in [-0.3, -0.25) is 10.1 Å². The van der Waals surface area contributed by atoms with Crippen LogP contribution in [0.2, 0.25) is 0 Å². The number of benzene rings is 1. The van der Waals surface area contributed by atoms with E-state index in [0.29, 0.717) is 0 Å². The average molecular weight is 249 g/mol. The lowest BCUT2D eigenvalue weighted by molar-refractivity contribution is -0.385. The van der Waals surface area contributed by atoms with Crippen LogP contribution in [-0.4, -0.2) is 21.2 Å². The van der Waals surface area contributed by atoms with Gasteiger partial charge in [-0.1, -0.05) is 0 Å². The zero-order valence-corrected chi connectivity index (χ0v) is 9.35. The Morgan fingerprint density at radius 3 is 2.50 bits per heavy atom. The van der Waals surface area contributed by atoms with Gasteiger partial charge in [0.1, 0.15) is 5.75 Å². The van der Waals surface area contributed by atoms with Crippen molar-refractivity contribution in [1.29, 1.82) is 0 Å². The van der Waals surface area contributed by atoms with E-state index in [1.54, 1.807) is 0 Å². The summed E-state index contributed by atoms with van der Waals surface area (Å²) in [7, 11) is 0. The molecule has 0 amide bonds. The Bertz CT molecular complexity index is 384. The zero-order chi connectivity index (χ0) is 11.6. The molecule has 0 aliphatic heterocycles. The largest absolute Gasteiger partial charge is 0.508 e. The fraction of sp³-hybridized carbons (Fsp3) is 0.333. The first kappa shape index (κ1) is 14.6. The van der Waals surface area contributed by atoms with E-state index in [4.69, 9.17) is 5.73 Å². The summed E-state index contributed by atoms with van der Waals surface area (Å²) >= 11 is 0. The molecule has 0 bridgehead atoms. The molecule has 0 unspecified atom stereocenters. The molecule has 6 nitrogen and oxygen atoms in total. The summed E-state index contributed by atoms with van der Waals surface area (Å²) in [6.45, 7) is 1.43. The van der Waals surface area contributed by atoms with Crippen molar-refractivity contribution >= 4 is 18.1 Å². The Hall–Kier alpha value is -1.37. The van der Waals surface area contributed by atoms with Gasteiger partial charge < -0.3 is 15.9 Å². The van der Waals surface area contributed by atoms with Crippen LogP contribution < -0.4 is 5.73 Å². The molecule has 0 saturated carbocycles. The first-order valence-corrected chi connectivity index (χ1v) is 4.34. The number of hydrogen-bond donors (Lipinski definition) is 3. The molecule has 0 fully saturated rings. The molecule has 1 rings (SSSR count). The number of phenolic OH excluding ortho intramolecular Hbond substituents is 1. The highest BCUT2D eigenvalue weighted by Crippen LogP contribution is 2.29. The first-order chi connectivity index (χ1) is 6.93. The van der Waals surface area contributed by atoms with E-state index in [-0.39, 0.29) is 29.4 Å². The highest BCUT2D eigenvalue weighted by atomic mass is 35.5.